The molecule has 5 heteroatoms. The summed E-state index contributed by atoms with van der Waals surface area (Å²) >= 11 is 0. The molecule has 0 amide bonds. The second-order valence-electron chi connectivity index (χ2n) is 4.25. The van der Waals surface area contributed by atoms with Gasteiger partial charge in [-0.05, 0) is 19.1 Å². The summed E-state index contributed by atoms with van der Waals surface area (Å²) in [5, 5.41) is 7.10. The van der Waals surface area contributed by atoms with E-state index in [-0.39, 0.29) is 5.56 Å². The lowest BCUT2D eigenvalue weighted by Gasteiger charge is -2.15. The zero-order valence-corrected chi connectivity index (χ0v) is 10.6. The predicted molar refractivity (Wildman–Crippen MR) is 70.2 cm³/mol. The molecule has 0 saturated carbocycles. The van der Waals surface area contributed by atoms with Crippen molar-refractivity contribution in [1.82, 2.24) is 15.1 Å². The number of rotatable bonds is 5. The first-order valence-corrected chi connectivity index (χ1v) is 5.94. The molecule has 0 aliphatic carbocycles. The van der Waals surface area contributed by atoms with Gasteiger partial charge in [-0.15, -0.1) is 0 Å². The Balaban J connectivity index is 2.05. The number of benzene rings is 1. The van der Waals surface area contributed by atoms with E-state index in [0.29, 0.717) is 6.54 Å². The van der Waals surface area contributed by atoms with Crippen molar-refractivity contribution in [2.75, 3.05) is 0 Å². The Morgan fingerprint density at radius 3 is 2.68 bits per heavy atom. The van der Waals surface area contributed by atoms with Crippen molar-refractivity contribution in [3.8, 4) is 0 Å². The quantitative estimate of drug-likeness (QED) is 0.898. The molecule has 1 unspecified atom stereocenters. The van der Waals surface area contributed by atoms with E-state index in [9.17, 15) is 8.78 Å². The fourth-order valence-electron chi connectivity index (χ4n) is 1.87. The van der Waals surface area contributed by atoms with Gasteiger partial charge in [0.05, 0.1) is 6.20 Å². The molecule has 0 fully saturated rings. The highest BCUT2D eigenvalue weighted by molar-refractivity contribution is 5.23. The Morgan fingerprint density at radius 1 is 1.42 bits per heavy atom. The van der Waals surface area contributed by atoms with Crippen LogP contribution < -0.4 is 5.32 Å². The summed E-state index contributed by atoms with van der Waals surface area (Å²) in [5.74, 6) is -1.08. The predicted octanol–water partition coefficient (Wildman–Crippen LogP) is 3.11. The maximum atomic E-state index is 13.6. The molecule has 0 bridgehead atoms. The molecule has 3 nitrogen and oxygen atoms in total. The number of hydrogen-bond acceptors (Lipinski definition) is 2. The number of nitrogens with one attached hydrogen (secondary N) is 1. The maximum absolute atomic E-state index is 13.6. The first kappa shape index (κ1) is 13.4. The van der Waals surface area contributed by atoms with E-state index >= 15 is 0 Å². The molecular weight excluding hydrogens is 248 g/mol. The molecule has 1 N–H and O–H groups in total. The Kier molecular flexibility index (Phi) is 4.06. The van der Waals surface area contributed by atoms with Crippen molar-refractivity contribution in [3.05, 3.63) is 59.9 Å². The van der Waals surface area contributed by atoms with Gasteiger partial charge in [0.15, 0.2) is 0 Å². The lowest BCUT2D eigenvalue weighted by Crippen LogP contribution is -2.20. The Morgan fingerprint density at radius 2 is 2.11 bits per heavy atom. The second-order valence-corrected chi connectivity index (χ2v) is 4.25. The van der Waals surface area contributed by atoms with E-state index in [2.05, 4.69) is 17.0 Å². The standard InChI is InChI=1S/C14H15F2N3/c1-3-19-9-11(8-18-19)7-17-10(2)14-12(15)5-4-6-13(14)16/h3-6,8-10,17H,1,7H2,2H3. The van der Waals surface area contributed by atoms with Gasteiger partial charge in [0.25, 0.3) is 0 Å². The van der Waals surface area contributed by atoms with Gasteiger partial charge >= 0.3 is 0 Å². The van der Waals surface area contributed by atoms with Crippen LogP contribution in [0.2, 0.25) is 0 Å². The van der Waals surface area contributed by atoms with Crippen molar-refractivity contribution < 1.29 is 8.78 Å². The summed E-state index contributed by atoms with van der Waals surface area (Å²) in [4.78, 5) is 0. The van der Waals surface area contributed by atoms with E-state index in [1.54, 1.807) is 30.2 Å². The minimum absolute atomic E-state index is 0.0543. The molecule has 1 atom stereocenters. The van der Waals surface area contributed by atoms with Gasteiger partial charge in [-0.3, -0.25) is 0 Å². The van der Waals surface area contributed by atoms with Crippen molar-refractivity contribution >= 4 is 6.20 Å². The highest BCUT2D eigenvalue weighted by Crippen LogP contribution is 2.20. The van der Waals surface area contributed by atoms with Crippen molar-refractivity contribution in [2.24, 2.45) is 0 Å². The molecule has 100 valence electrons. The zero-order valence-electron chi connectivity index (χ0n) is 10.6. The minimum atomic E-state index is -0.540. The van der Waals surface area contributed by atoms with Gasteiger partial charge in [0.2, 0.25) is 0 Å². The van der Waals surface area contributed by atoms with Crippen LogP contribution in [0.1, 0.15) is 24.1 Å². The van der Waals surface area contributed by atoms with Crippen LogP contribution in [0.4, 0.5) is 8.78 Å². The molecule has 1 heterocycles. The van der Waals surface area contributed by atoms with Crippen molar-refractivity contribution in [3.63, 3.8) is 0 Å². The molecule has 19 heavy (non-hydrogen) atoms. The minimum Gasteiger partial charge on any atom is -0.306 e. The molecule has 0 radical (unpaired) electrons. The molecule has 2 aromatic rings. The molecule has 1 aromatic carbocycles. The van der Waals surface area contributed by atoms with Gasteiger partial charge < -0.3 is 5.32 Å². The summed E-state index contributed by atoms with van der Waals surface area (Å²) in [5.41, 5.74) is 0.974. The van der Waals surface area contributed by atoms with Crippen LogP contribution in [0.15, 0.2) is 37.2 Å². The maximum Gasteiger partial charge on any atom is 0.130 e. The van der Waals surface area contributed by atoms with E-state index in [4.69, 9.17) is 0 Å². The Labute approximate surface area is 110 Å². The molecular formula is C14H15F2N3. The topological polar surface area (TPSA) is 29.9 Å². The van der Waals surface area contributed by atoms with Crippen LogP contribution in [0.25, 0.3) is 6.20 Å². The lowest BCUT2D eigenvalue weighted by molar-refractivity contribution is 0.487. The smallest absolute Gasteiger partial charge is 0.130 e. The van der Waals surface area contributed by atoms with Crippen LogP contribution >= 0.6 is 0 Å². The fourth-order valence-corrected chi connectivity index (χ4v) is 1.87. The largest absolute Gasteiger partial charge is 0.306 e. The molecule has 0 aliphatic heterocycles. The third kappa shape index (κ3) is 3.06. The number of hydrogen-bond donors (Lipinski definition) is 1. The molecule has 1 aromatic heterocycles. The van der Waals surface area contributed by atoms with E-state index in [1.807, 2.05) is 0 Å². The average molecular weight is 263 g/mol. The first-order chi connectivity index (χ1) is 9.11. The zero-order chi connectivity index (χ0) is 13.8. The normalized spacial score (nSPS) is 12.4. The van der Waals surface area contributed by atoms with Crippen LogP contribution in [0, 0.1) is 11.6 Å². The van der Waals surface area contributed by atoms with E-state index < -0.39 is 17.7 Å². The van der Waals surface area contributed by atoms with Crippen LogP contribution in [0.3, 0.4) is 0 Å². The molecule has 0 saturated heterocycles. The van der Waals surface area contributed by atoms with Crippen LogP contribution in [-0.2, 0) is 6.54 Å². The van der Waals surface area contributed by atoms with Crippen molar-refractivity contribution in [2.45, 2.75) is 19.5 Å². The average Bonchev–Trinajstić information content (AvgIpc) is 2.84. The second kappa shape index (κ2) is 5.75. The highest BCUT2D eigenvalue weighted by Gasteiger charge is 2.15. The molecule has 2 rings (SSSR count). The Hall–Kier alpha value is -2.01. The van der Waals surface area contributed by atoms with E-state index in [1.165, 1.54) is 18.2 Å². The summed E-state index contributed by atoms with van der Waals surface area (Å²) in [7, 11) is 0. The lowest BCUT2D eigenvalue weighted by atomic mass is 10.1. The van der Waals surface area contributed by atoms with Crippen molar-refractivity contribution in [1.29, 1.82) is 0 Å². The number of nitrogens with zero attached hydrogens (tertiary/aromatic N) is 2. The van der Waals surface area contributed by atoms with Gasteiger partial charge in [0, 0.05) is 36.1 Å². The van der Waals surface area contributed by atoms with Gasteiger partial charge in [0.1, 0.15) is 11.6 Å². The van der Waals surface area contributed by atoms with Gasteiger partial charge in [-0.1, -0.05) is 12.6 Å². The first-order valence-electron chi connectivity index (χ1n) is 5.94. The highest BCUT2D eigenvalue weighted by atomic mass is 19.1. The molecule has 0 spiro atoms. The monoisotopic (exact) mass is 263 g/mol. The fraction of sp³-hybridized carbons (Fsp3) is 0.214. The SMILES string of the molecule is C=Cn1cc(CNC(C)c2c(F)cccc2F)cn1. The summed E-state index contributed by atoms with van der Waals surface area (Å²) in [6.45, 7) is 5.79. The third-order valence-electron chi connectivity index (χ3n) is 2.89. The number of halogens is 2. The Bertz CT molecular complexity index is 558. The third-order valence-corrected chi connectivity index (χ3v) is 2.89. The van der Waals surface area contributed by atoms with Crippen LogP contribution in [0.5, 0.6) is 0 Å². The van der Waals surface area contributed by atoms with E-state index in [0.717, 1.165) is 5.56 Å². The summed E-state index contributed by atoms with van der Waals surface area (Å²) in [6, 6.07) is 3.45. The number of aromatic nitrogens is 2. The molecule has 0 aliphatic rings. The van der Waals surface area contributed by atoms with Gasteiger partial charge in [-0.2, -0.15) is 5.10 Å². The summed E-state index contributed by atoms with van der Waals surface area (Å²) < 4.78 is 28.7. The van der Waals surface area contributed by atoms with Crippen LogP contribution in [-0.4, -0.2) is 9.78 Å². The summed E-state index contributed by atoms with van der Waals surface area (Å²) in [6.07, 6.45) is 5.05. The van der Waals surface area contributed by atoms with Gasteiger partial charge in [-0.25, -0.2) is 13.5 Å².